The number of benzene rings is 1. The van der Waals surface area contributed by atoms with Crippen molar-refractivity contribution in [2.45, 2.75) is 12.8 Å². The van der Waals surface area contributed by atoms with Crippen LogP contribution in [0.5, 0.6) is 0 Å². The normalized spacial score (nSPS) is 15.3. The molecule has 1 fully saturated rings. The number of carbonyl (C=O) groups excluding carboxylic acids is 2. The van der Waals surface area contributed by atoms with E-state index >= 15 is 0 Å². The minimum atomic E-state index is -0.0999. The fourth-order valence-corrected chi connectivity index (χ4v) is 4.14. The minimum absolute atomic E-state index is 0.0394. The average molecular weight is 428 g/mol. The molecule has 0 aliphatic carbocycles. The fourth-order valence-electron chi connectivity index (χ4n) is 2.73. The van der Waals surface area contributed by atoms with Crippen molar-refractivity contribution >= 4 is 56.4 Å². The van der Waals surface area contributed by atoms with Crippen LogP contribution in [-0.2, 0) is 4.79 Å². The Labute approximate surface area is 157 Å². The van der Waals surface area contributed by atoms with E-state index in [9.17, 15) is 9.59 Å². The van der Waals surface area contributed by atoms with Crippen LogP contribution in [0.2, 0.25) is 5.02 Å². The number of halogens is 2. The molecule has 1 aromatic heterocycles. The number of amides is 2. The van der Waals surface area contributed by atoms with Crippen LogP contribution in [0.1, 0.15) is 22.5 Å². The first-order chi connectivity index (χ1) is 11.5. The topological polar surface area (TPSA) is 49.4 Å². The van der Waals surface area contributed by atoms with Gasteiger partial charge in [-0.1, -0.05) is 33.6 Å². The number of carbonyl (C=O) groups is 2. The Morgan fingerprint density at radius 1 is 1.25 bits per heavy atom. The smallest absolute Gasteiger partial charge is 0.263 e. The molecular weight excluding hydrogens is 412 g/mol. The van der Waals surface area contributed by atoms with E-state index in [1.807, 2.05) is 28.5 Å². The van der Waals surface area contributed by atoms with Gasteiger partial charge in [-0.2, -0.15) is 0 Å². The molecule has 7 heteroatoms. The first-order valence-corrected chi connectivity index (χ1v) is 9.68. The van der Waals surface area contributed by atoms with E-state index < -0.39 is 0 Å². The standard InChI is InChI=1S/C17H16BrClN2O2S/c18-12-3-4-14(13(19)10-12)20-16(22)11-5-7-21(8-6-11)17(23)15-2-1-9-24-15/h1-4,9-11H,5-8H2,(H,20,22). The van der Waals surface area contributed by atoms with E-state index in [2.05, 4.69) is 21.2 Å². The van der Waals surface area contributed by atoms with Gasteiger partial charge in [-0.3, -0.25) is 9.59 Å². The highest BCUT2D eigenvalue weighted by Crippen LogP contribution is 2.27. The molecule has 24 heavy (non-hydrogen) atoms. The molecule has 0 unspecified atom stereocenters. The molecule has 3 rings (SSSR count). The zero-order chi connectivity index (χ0) is 17.1. The van der Waals surface area contributed by atoms with Crippen molar-refractivity contribution in [2.24, 2.45) is 5.92 Å². The number of rotatable bonds is 3. The second kappa shape index (κ2) is 7.68. The summed E-state index contributed by atoms with van der Waals surface area (Å²) in [7, 11) is 0. The fraction of sp³-hybridized carbons (Fsp3) is 0.294. The largest absolute Gasteiger partial charge is 0.338 e. The first-order valence-electron chi connectivity index (χ1n) is 7.63. The molecule has 2 heterocycles. The van der Waals surface area contributed by atoms with Gasteiger partial charge in [-0.25, -0.2) is 0 Å². The van der Waals surface area contributed by atoms with E-state index in [0.717, 1.165) is 9.35 Å². The Balaban J connectivity index is 1.56. The van der Waals surface area contributed by atoms with Gasteiger partial charge in [0.2, 0.25) is 5.91 Å². The number of piperidine rings is 1. The number of hydrogen-bond acceptors (Lipinski definition) is 3. The van der Waals surface area contributed by atoms with Gasteiger partial charge in [-0.15, -0.1) is 11.3 Å². The van der Waals surface area contributed by atoms with E-state index in [-0.39, 0.29) is 17.7 Å². The van der Waals surface area contributed by atoms with E-state index in [4.69, 9.17) is 11.6 Å². The molecule has 0 bridgehead atoms. The highest BCUT2D eigenvalue weighted by atomic mass is 79.9. The number of hydrogen-bond donors (Lipinski definition) is 1. The zero-order valence-electron chi connectivity index (χ0n) is 12.8. The summed E-state index contributed by atoms with van der Waals surface area (Å²) < 4.78 is 0.867. The van der Waals surface area contributed by atoms with Gasteiger partial charge in [-0.05, 0) is 42.5 Å². The predicted octanol–water partition coefficient (Wildman–Crippen LogP) is 4.65. The highest BCUT2D eigenvalue weighted by Gasteiger charge is 2.28. The highest BCUT2D eigenvalue weighted by molar-refractivity contribution is 9.10. The van der Waals surface area contributed by atoms with Crippen LogP contribution in [0.15, 0.2) is 40.2 Å². The Morgan fingerprint density at radius 2 is 2.00 bits per heavy atom. The molecule has 4 nitrogen and oxygen atoms in total. The molecule has 1 N–H and O–H groups in total. The Morgan fingerprint density at radius 3 is 2.62 bits per heavy atom. The quantitative estimate of drug-likeness (QED) is 0.775. The van der Waals surface area contributed by atoms with Gasteiger partial charge in [0.15, 0.2) is 0 Å². The maximum Gasteiger partial charge on any atom is 0.263 e. The minimum Gasteiger partial charge on any atom is -0.338 e. The van der Waals surface area contributed by atoms with Crippen LogP contribution in [0.4, 0.5) is 5.69 Å². The van der Waals surface area contributed by atoms with E-state index in [1.165, 1.54) is 11.3 Å². The summed E-state index contributed by atoms with van der Waals surface area (Å²) in [6, 6.07) is 9.07. The first kappa shape index (κ1) is 17.5. The van der Waals surface area contributed by atoms with Gasteiger partial charge in [0.1, 0.15) is 0 Å². The van der Waals surface area contributed by atoms with Crippen molar-refractivity contribution in [1.29, 1.82) is 0 Å². The lowest BCUT2D eigenvalue weighted by molar-refractivity contribution is -0.121. The van der Waals surface area contributed by atoms with Crippen molar-refractivity contribution in [1.82, 2.24) is 4.90 Å². The number of nitrogens with zero attached hydrogens (tertiary/aromatic N) is 1. The predicted molar refractivity (Wildman–Crippen MR) is 101 cm³/mol. The second-order valence-electron chi connectivity index (χ2n) is 5.66. The van der Waals surface area contributed by atoms with Gasteiger partial charge >= 0.3 is 0 Å². The SMILES string of the molecule is O=C(Nc1ccc(Br)cc1Cl)C1CCN(C(=O)c2cccs2)CC1. The number of nitrogens with one attached hydrogen (secondary N) is 1. The maximum atomic E-state index is 12.4. The maximum absolute atomic E-state index is 12.4. The lowest BCUT2D eigenvalue weighted by Crippen LogP contribution is -2.41. The molecule has 1 aliphatic heterocycles. The monoisotopic (exact) mass is 426 g/mol. The van der Waals surface area contributed by atoms with Gasteiger partial charge in [0.05, 0.1) is 15.6 Å². The molecule has 0 atom stereocenters. The summed E-state index contributed by atoms with van der Waals surface area (Å²) in [5.74, 6) is -0.0839. The van der Waals surface area contributed by atoms with Crippen LogP contribution in [0, 0.1) is 5.92 Å². The van der Waals surface area contributed by atoms with Gasteiger partial charge in [0.25, 0.3) is 5.91 Å². The lowest BCUT2D eigenvalue weighted by Gasteiger charge is -2.31. The molecule has 1 aliphatic rings. The molecular formula is C17H16BrClN2O2S. The summed E-state index contributed by atoms with van der Waals surface area (Å²) in [5, 5.41) is 5.29. The second-order valence-corrected chi connectivity index (χ2v) is 7.93. The van der Waals surface area contributed by atoms with Crippen LogP contribution in [-0.4, -0.2) is 29.8 Å². The molecule has 2 aromatic rings. The van der Waals surface area contributed by atoms with Crippen molar-refractivity contribution in [3.05, 3.63) is 50.1 Å². The Hall–Kier alpha value is -1.37. The van der Waals surface area contributed by atoms with Crippen LogP contribution in [0.3, 0.4) is 0 Å². The molecule has 0 radical (unpaired) electrons. The molecule has 0 spiro atoms. The number of anilines is 1. The van der Waals surface area contributed by atoms with Crippen molar-refractivity contribution in [3.63, 3.8) is 0 Å². The lowest BCUT2D eigenvalue weighted by atomic mass is 9.95. The molecule has 1 saturated heterocycles. The van der Waals surface area contributed by atoms with Gasteiger partial charge in [0, 0.05) is 23.5 Å². The number of likely N-dealkylation sites (tertiary alicyclic amines) is 1. The van der Waals surface area contributed by atoms with Gasteiger partial charge < -0.3 is 10.2 Å². The van der Waals surface area contributed by atoms with E-state index in [1.54, 1.807) is 12.1 Å². The molecule has 126 valence electrons. The summed E-state index contributed by atoms with van der Waals surface area (Å²) in [5.41, 5.74) is 0.613. The zero-order valence-corrected chi connectivity index (χ0v) is 16.0. The summed E-state index contributed by atoms with van der Waals surface area (Å²) in [4.78, 5) is 27.3. The average Bonchev–Trinajstić information content (AvgIpc) is 3.11. The Bertz CT molecular complexity index is 743. The van der Waals surface area contributed by atoms with Crippen molar-refractivity contribution in [2.75, 3.05) is 18.4 Å². The van der Waals surface area contributed by atoms with Crippen molar-refractivity contribution < 1.29 is 9.59 Å². The van der Waals surface area contributed by atoms with Crippen LogP contribution >= 0.6 is 38.9 Å². The third-order valence-electron chi connectivity index (χ3n) is 4.07. The summed E-state index contributed by atoms with van der Waals surface area (Å²) >= 11 is 10.9. The van der Waals surface area contributed by atoms with Crippen molar-refractivity contribution in [3.8, 4) is 0 Å². The van der Waals surface area contributed by atoms with E-state index in [0.29, 0.717) is 36.6 Å². The third-order valence-corrected chi connectivity index (χ3v) is 5.74. The van der Waals surface area contributed by atoms with Crippen LogP contribution < -0.4 is 5.32 Å². The molecule has 2 amide bonds. The number of thiophene rings is 1. The molecule has 0 saturated carbocycles. The third kappa shape index (κ3) is 3.99. The summed E-state index contributed by atoms with van der Waals surface area (Å²) in [6.45, 7) is 1.20. The van der Waals surface area contributed by atoms with Crippen LogP contribution in [0.25, 0.3) is 0 Å². The summed E-state index contributed by atoms with van der Waals surface area (Å²) in [6.07, 6.45) is 1.33. The molecule has 1 aromatic carbocycles. The Kier molecular flexibility index (Phi) is 5.58.